The van der Waals surface area contributed by atoms with Gasteiger partial charge in [-0.05, 0) is 65.3 Å². The summed E-state index contributed by atoms with van der Waals surface area (Å²) in [4.78, 5) is 4.52. The molecule has 3 aromatic carbocycles. The fourth-order valence-electron chi connectivity index (χ4n) is 3.78. The topological polar surface area (TPSA) is 26.0 Å². The molecule has 0 fully saturated rings. The third-order valence-electron chi connectivity index (χ3n) is 5.34. The molecule has 0 radical (unpaired) electrons. The van der Waals surface area contributed by atoms with Crippen LogP contribution in [-0.2, 0) is 0 Å². The summed E-state index contributed by atoms with van der Waals surface area (Å²) in [5, 5.41) is 1.34. The van der Waals surface area contributed by atoms with E-state index in [4.69, 9.17) is 9.90 Å². The molecule has 0 spiro atoms. The van der Waals surface area contributed by atoms with Gasteiger partial charge >= 0.3 is 0 Å². The van der Waals surface area contributed by atoms with Gasteiger partial charge in [-0.3, -0.25) is 4.98 Å². The number of furan rings is 1. The highest BCUT2D eigenvalue weighted by molar-refractivity contribution is 6.11. The molecule has 0 amide bonds. The van der Waals surface area contributed by atoms with Gasteiger partial charge in [0.2, 0.25) is 0 Å². The number of rotatable bonds is 3. The second-order valence-corrected chi connectivity index (χ2v) is 7.47. The summed E-state index contributed by atoms with van der Waals surface area (Å²) in [7, 11) is 0. The number of aryl methyl sites for hydroxylation is 1. The summed E-state index contributed by atoms with van der Waals surface area (Å²) in [5.74, 6) is -0.784. The van der Waals surface area contributed by atoms with Gasteiger partial charge in [0.05, 0.1) is 5.69 Å². The first kappa shape index (κ1) is 13.7. The van der Waals surface area contributed by atoms with Crippen molar-refractivity contribution >= 4 is 21.9 Å². The van der Waals surface area contributed by atoms with Crippen LogP contribution in [0.5, 0.6) is 0 Å². The predicted octanol–water partition coefficient (Wildman–Crippen LogP) is 7.75. The van der Waals surface area contributed by atoms with Gasteiger partial charge in [0.1, 0.15) is 11.2 Å². The zero-order valence-electron chi connectivity index (χ0n) is 20.4. The molecule has 142 valence electrons. The van der Waals surface area contributed by atoms with Crippen LogP contribution in [-0.4, -0.2) is 4.98 Å². The van der Waals surface area contributed by atoms with Crippen LogP contribution in [0.4, 0.5) is 0 Å². The van der Waals surface area contributed by atoms with Gasteiger partial charge in [-0.2, -0.15) is 0 Å². The summed E-state index contributed by atoms with van der Waals surface area (Å²) < 4.78 is 39.0. The summed E-state index contributed by atoms with van der Waals surface area (Å²) in [6.07, 6.45) is 1.68. The molecule has 5 rings (SSSR count). The summed E-state index contributed by atoms with van der Waals surface area (Å²) in [6, 6.07) is 23.0. The Balaban J connectivity index is 1.80. The van der Waals surface area contributed by atoms with Crippen molar-refractivity contribution in [2.24, 2.45) is 0 Å². The van der Waals surface area contributed by atoms with E-state index < -0.39 is 12.7 Å². The maximum Gasteiger partial charge on any atom is 0.145 e. The highest BCUT2D eigenvalue weighted by Gasteiger charge is 2.16. The van der Waals surface area contributed by atoms with Crippen LogP contribution < -0.4 is 0 Å². The van der Waals surface area contributed by atoms with E-state index in [1.165, 1.54) is 0 Å². The van der Waals surface area contributed by atoms with Crippen LogP contribution >= 0.6 is 0 Å². The zero-order chi connectivity index (χ0) is 23.4. The molecule has 2 heterocycles. The number of pyridine rings is 1. The van der Waals surface area contributed by atoms with Crippen molar-refractivity contribution in [1.29, 1.82) is 0 Å². The molecule has 0 unspecified atom stereocenters. The first-order chi connectivity index (χ1) is 15.6. The lowest BCUT2D eigenvalue weighted by atomic mass is 9.98. The van der Waals surface area contributed by atoms with Crippen LogP contribution in [0.25, 0.3) is 44.3 Å². The molecule has 0 aliphatic carbocycles. The highest BCUT2D eigenvalue weighted by Crippen LogP contribution is 2.39. The molecular weight excluding hydrogens is 354 g/mol. The molecule has 0 aliphatic rings. The zero-order valence-corrected chi connectivity index (χ0v) is 16.4. The SMILES string of the molecule is [2H]C([2H])([2H])c1ccc(-c2cc(C([2H])(C)C)ccn2)c2oc3cc(-c4ccccc4)ccc3c12. The Bertz CT molecular complexity index is 1480. The third kappa shape index (κ3) is 3.01. The van der Waals surface area contributed by atoms with E-state index in [-0.39, 0.29) is 5.56 Å². The Morgan fingerprint density at radius 2 is 1.79 bits per heavy atom. The molecule has 0 N–H and O–H groups in total. The summed E-state index contributed by atoms with van der Waals surface area (Å²) in [6.45, 7) is 1.36. The maximum absolute atomic E-state index is 8.38. The van der Waals surface area contributed by atoms with Crippen molar-refractivity contribution in [3.63, 3.8) is 0 Å². The van der Waals surface area contributed by atoms with Gasteiger partial charge in [0.25, 0.3) is 0 Å². The van der Waals surface area contributed by atoms with Crippen molar-refractivity contribution in [2.75, 3.05) is 0 Å². The molecule has 0 saturated heterocycles. The average Bonchev–Trinajstić information content (AvgIpc) is 3.16. The number of hydrogen-bond donors (Lipinski definition) is 0. The first-order valence-electron chi connectivity index (χ1n) is 11.6. The van der Waals surface area contributed by atoms with Crippen molar-refractivity contribution in [3.8, 4) is 22.4 Å². The average molecular weight is 382 g/mol. The maximum atomic E-state index is 8.38. The van der Waals surface area contributed by atoms with Crippen molar-refractivity contribution in [2.45, 2.75) is 26.6 Å². The quantitative estimate of drug-likeness (QED) is 0.319. The minimum Gasteiger partial charge on any atom is -0.455 e. The highest BCUT2D eigenvalue weighted by atomic mass is 16.3. The van der Waals surface area contributed by atoms with E-state index in [1.54, 1.807) is 18.3 Å². The second-order valence-electron chi connectivity index (χ2n) is 7.47. The van der Waals surface area contributed by atoms with Gasteiger partial charge in [-0.15, -0.1) is 0 Å². The van der Waals surface area contributed by atoms with Gasteiger partial charge < -0.3 is 4.42 Å². The minimum atomic E-state index is -2.29. The summed E-state index contributed by atoms with van der Waals surface area (Å²) >= 11 is 0. The standard InChI is InChI=1S/C27H23NO/c1-17(2)20-13-14-28-24(15-20)22-11-9-18(3)26-23-12-10-21(16-25(23)29-27(22)26)19-7-5-4-6-8-19/h4-17H,1-3H3/i3D3,17D. The number of fused-ring (bicyclic) bond motifs is 3. The molecule has 2 nitrogen and oxygen atoms in total. The number of aromatic nitrogens is 1. The van der Waals surface area contributed by atoms with Crippen molar-refractivity contribution in [1.82, 2.24) is 4.98 Å². The van der Waals surface area contributed by atoms with Crippen LogP contribution in [0.2, 0.25) is 0 Å². The van der Waals surface area contributed by atoms with E-state index in [9.17, 15) is 0 Å². The monoisotopic (exact) mass is 381 g/mol. The fraction of sp³-hybridized carbons (Fsp3) is 0.148. The molecule has 0 aliphatic heterocycles. The fourth-order valence-corrected chi connectivity index (χ4v) is 3.78. The lowest BCUT2D eigenvalue weighted by Crippen LogP contribution is -1.91. The van der Waals surface area contributed by atoms with Gasteiger partial charge in [0, 0.05) is 28.0 Å². The first-order valence-corrected chi connectivity index (χ1v) is 9.65. The normalized spacial score (nSPS) is 14.4. The minimum absolute atomic E-state index is 0.254. The largest absolute Gasteiger partial charge is 0.455 e. The van der Waals surface area contributed by atoms with Gasteiger partial charge in [-0.1, -0.05) is 56.3 Å². The van der Waals surface area contributed by atoms with Crippen LogP contribution in [0.15, 0.2) is 83.4 Å². The Morgan fingerprint density at radius 3 is 2.59 bits per heavy atom. The van der Waals surface area contributed by atoms with Crippen LogP contribution in [0.3, 0.4) is 0 Å². The lowest BCUT2D eigenvalue weighted by molar-refractivity contribution is 0.670. The van der Waals surface area contributed by atoms with E-state index in [0.717, 1.165) is 22.1 Å². The number of hydrogen-bond acceptors (Lipinski definition) is 2. The van der Waals surface area contributed by atoms with Gasteiger partial charge in [0.15, 0.2) is 0 Å². The molecule has 0 atom stereocenters. The Morgan fingerprint density at radius 1 is 0.931 bits per heavy atom. The Labute approximate surface area is 176 Å². The number of nitrogens with zero attached hydrogens (tertiary/aromatic N) is 1. The molecule has 5 aromatic rings. The van der Waals surface area contributed by atoms with E-state index in [0.29, 0.717) is 27.8 Å². The molecule has 0 bridgehead atoms. The Kier molecular flexibility index (Phi) is 3.26. The predicted molar refractivity (Wildman–Crippen MR) is 121 cm³/mol. The van der Waals surface area contributed by atoms with E-state index >= 15 is 0 Å². The van der Waals surface area contributed by atoms with Crippen LogP contribution in [0.1, 0.15) is 36.4 Å². The molecule has 0 saturated carbocycles. The van der Waals surface area contributed by atoms with E-state index in [2.05, 4.69) is 4.98 Å². The molecule has 29 heavy (non-hydrogen) atoms. The summed E-state index contributed by atoms with van der Waals surface area (Å²) in [5.41, 5.74) is 5.61. The molecular formula is C27H23NO. The van der Waals surface area contributed by atoms with Crippen LogP contribution in [0, 0.1) is 6.85 Å². The second kappa shape index (κ2) is 6.89. The molecule has 2 heteroatoms. The van der Waals surface area contributed by atoms with Gasteiger partial charge in [-0.25, -0.2) is 0 Å². The Hall–Kier alpha value is -3.39. The van der Waals surface area contributed by atoms with Crippen molar-refractivity contribution < 1.29 is 9.90 Å². The van der Waals surface area contributed by atoms with E-state index in [1.807, 2.05) is 74.5 Å². The molecule has 2 aromatic heterocycles. The smallest absolute Gasteiger partial charge is 0.145 e. The third-order valence-corrected chi connectivity index (χ3v) is 5.34. The van der Waals surface area contributed by atoms with Crippen molar-refractivity contribution in [3.05, 3.63) is 90.1 Å². The number of benzene rings is 3. The lowest BCUT2D eigenvalue weighted by Gasteiger charge is -2.08.